The van der Waals surface area contributed by atoms with E-state index in [0.717, 1.165) is 0 Å². The van der Waals surface area contributed by atoms with Crippen LogP contribution in [0, 0.1) is 0 Å². The Morgan fingerprint density at radius 3 is 2.17 bits per heavy atom. The number of ether oxygens (including phenoxy) is 4. The molecular formula is C14H27NO8. The Labute approximate surface area is 135 Å². The minimum absolute atomic E-state index is 0.0515. The summed E-state index contributed by atoms with van der Waals surface area (Å²) in [5.41, 5.74) is -0.549. The minimum Gasteiger partial charge on any atom is -0.480 e. The highest BCUT2D eigenvalue weighted by Crippen LogP contribution is 2.06. The standard InChI is InChI=1S/C14H27NO8/c1-14(2,3)23-13(19)15-4-5-20-8-11(16)9-21-6-7-22-10-12(17)18/h11,16H,4-10H2,1-3H3,(H,15,19)(H,17,18). The number of amides is 1. The zero-order valence-corrected chi connectivity index (χ0v) is 13.9. The second-order valence-corrected chi connectivity index (χ2v) is 5.68. The van der Waals surface area contributed by atoms with Crippen molar-refractivity contribution in [2.45, 2.75) is 32.5 Å². The Hall–Kier alpha value is -1.42. The van der Waals surface area contributed by atoms with Crippen molar-refractivity contribution in [2.75, 3.05) is 46.2 Å². The molecule has 0 saturated carbocycles. The van der Waals surface area contributed by atoms with Gasteiger partial charge in [0, 0.05) is 6.54 Å². The summed E-state index contributed by atoms with van der Waals surface area (Å²) in [7, 11) is 0. The molecule has 0 aromatic carbocycles. The van der Waals surface area contributed by atoms with Gasteiger partial charge < -0.3 is 34.5 Å². The maximum Gasteiger partial charge on any atom is 0.407 e. The molecule has 23 heavy (non-hydrogen) atoms. The van der Waals surface area contributed by atoms with Gasteiger partial charge in [0.15, 0.2) is 0 Å². The molecule has 9 heteroatoms. The van der Waals surface area contributed by atoms with Crippen molar-refractivity contribution in [1.29, 1.82) is 0 Å². The lowest BCUT2D eigenvalue weighted by Gasteiger charge is -2.19. The van der Waals surface area contributed by atoms with Gasteiger partial charge in [-0.3, -0.25) is 0 Å². The molecule has 0 fully saturated rings. The Kier molecular flexibility index (Phi) is 11.3. The summed E-state index contributed by atoms with van der Waals surface area (Å²) < 4.78 is 20.1. The largest absolute Gasteiger partial charge is 0.480 e. The van der Waals surface area contributed by atoms with Gasteiger partial charge in [-0.1, -0.05) is 0 Å². The Morgan fingerprint density at radius 1 is 1.04 bits per heavy atom. The van der Waals surface area contributed by atoms with Crippen molar-refractivity contribution in [3.05, 3.63) is 0 Å². The van der Waals surface area contributed by atoms with E-state index in [0.29, 0.717) is 0 Å². The molecule has 0 aromatic heterocycles. The molecule has 1 unspecified atom stereocenters. The van der Waals surface area contributed by atoms with Crippen LogP contribution >= 0.6 is 0 Å². The van der Waals surface area contributed by atoms with Crippen molar-refractivity contribution < 1.29 is 38.7 Å². The van der Waals surface area contributed by atoms with E-state index >= 15 is 0 Å². The number of aliphatic hydroxyl groups excluding tert-OH is 1. The molecule has 0 rings (SSSR count). The third-order valence-corrected chi connectivity index (χ3v) is 2.13. The maximum atomic E-state index is 11.3. The van der Waals surface area contributed by atoms with E-state index in [1.54, 1.807) is 20.8 Å². The van der Waals surface area contributed by atoms with Gasteiger partial charge in [0.25, 0.3) is 0 Å². The van der Waals surface area contributed by atoms with Crippen LogP contribution in [-0.2, 0) is 23.7 Å². The van der Waals surface area contributed by atoms with Gasteiger partial charge in [0.05, 0.1) is 33.0 Å². The van der Waals surface area contributed by atoms with E-state index in [9.17, 15) is 14.7 Å². The van der Waals surface area contributed by atoms with Crippen LogP contribution in [0.25, 0.3) is 0 Å². The molecule has 0 spiro atoms. The number of carboxylic acid groups (broad SMARTS) is 1. The van der Waals surface area contributed by atoms with Crippen LogP contribution in [0.15, 0.2) is 0 Å². The van der Waals surface area contributed by atoms with Gasteiger partial charge in [-0.25, -0.2) is 9.59 Å². The quantitative estimate of drug-likeness (QED) is 0.425. The zero-order chi connectivity index (χ0) is 17.7. The minimum atomic E-state index is -1.04. The first-order valence-electron chi connectivity index (χ1n) is 7.30. The fourth-order valence-electron chi connectivity index (χ4n) is 1.30. The summed E-state index contributed by atoms with van der Waals surface area (Å²) >= 11 is 0. The lowest BCUT2D eigenvalue weighted by atomic mass is 10.2. The van der Waals surface area contributed by atoms with Crippen LogP contribution in [0.1, 0.15) is 20.8 Å². The average Bonchev–Trinajstić information content (AvgIpc) is 2.40. The molecule has 0 aliphatic carbocycles. The normalized spacial score (nSPS) is 12.7. The number of alkyl carbamates (subject to hydrolysis) is 1. The number of rotatable bonds is 12. The number of hydrogen-bond acceptors (Lipinski definition) is 7. The highest BCUT2D eigenvalue weighted by atomic mass is 16.6. The Bertz CT molecular complexity index is 342. The lowest BCUT2D eigenvalue weighted by molar-refractivity contribution is -0.142. The summed E-state index contributed by atoms with van der Waals surface area (Å²) in [5.74, 6) is -1.04. The predicted octanol–water partition coefficient (Wildman–Crippen LogP) is 0.00640. The SMILES string of the molecule is CC(C)(C)OC(=O)NCCOCC(O)COCCOCC(=O)O. The molecule has 0 aliphatic heterocycles. The van der Waals surface area contributed by atoms with Crippen molar-refractivity contribution in [1.82, 2.24) is 5.32 Å². The van der Waals surface area contributed by atoms with Crippen molar-refractivity contribution in [3.63, 3.8) is 0 Å². The van der Waals surface area contributed by atoms with Gasteiger partial charge in [0.2, 0.25) is 0 Å². The van der Waals surface area contributed by atoms with E-state index in [1.165, 1.54) is 0 Å². The topological polar surface area (TPSA) is 124 Å². The first-order chi connectivity index (χ1) is 10.7. The molecule has 0 saturated heterocycles. The van der Waals surface area contributed by atoms with Crippen LogP contribution in [-0.4, -0.2) is 80.2 Å². The second kappa shape index (κ2) is 12.1. The molecule has 0 heterocycles. The van der Waals surface area contributed by atoms with E-state index in [1.807, 2.05) is 0 Å². The van der Waals surface area contributed by atoms with Crippen LogP contribution in [0.4, 0.5) is 4.79 Å². The summed E-state index contributed by atoms with van der Waals surface area (Å²) in [6.07, 6.45) is -1.33. The third-order valence-electron chi connectivity index (χ3n) is 2.13. The second-order valence-electron chi connectivity index (χ2n) is 5.68. The summed E-state index contributed by atoms with van der Waals surface area (Å²) in [4.78, 5) is 21.5. The molecule has 0 aromatic rings. The summed E-state index contributed by atoms with van der Waals surface area (Å²) in [6.45, 7) is 5.87. The molecule has 3 N–H and O–H groups in total. The fraction of sp³-hybridized carbons (Fsp3) is 0.857. The molecule has 0 bridgehead atoms. The van der Waals surface area contributed by atoms with Crippen molar-refractivity contribution in [2.24, 2.45) is 0 Å². The van der Waals surface area contributed by atoms with Crippen molar-refractivity contribution >= 4 is 12.1 Å². The van der Waals surface area contributed by atoms with Crippen LogP contribution in [0.3, 0.4) is 0 Å². The lowest BCUT2D eigenvalue weighted by Crippen LogP contribution is -2.34. The number of carbonyl (C=O) groups is 2. The molecular weight excluding hydrogens is 310 g/mol. The molecule has 136 valence electrons. The highest BCUT2D eigenvalue weighted by molar-refractivity contribution is 5.68. The molecule has 0 radical (unpaired) electrons. The number of aliphatic carboxylic acids is 1. The predicted molar refractivity (Wildman–Crippen MR) is 80.3 cm³/mol. The number of hydrogen-bond donors (Lipinski definition) is 3. The van der Waals surface area contributed by atoms with Crippen LogP contribution in [0.5, 0.6) is 0 Å². The maximum absolute atomic E-state index is 11.3. The van der Waals surface area contributed by atoms with Gasteiger partial charge in [-0.2, -0.15) is 0 Å². The molecule has 1 amide bonds. The van der Waals surface area contributed by atoms with Crippen molar-refractivity contribution in [3.8, 4) is 0 Å². The average molecular weight is 337 g/mol. The van der Waals surface area contributed by atoms with Gasteiger partial charge in [-0.15, -0.1) is 0 Å². The third kappa shape index (κ3) is 16.8. The van der Waals surface area contributed by atoms with E-state index in [4.69, 9.17) is 24.1 Å². The monoisotopic (exact) mass is 337 g/mol. The van der Waals surface area contributed by atoms with E-state index in [-0.39, 0.29) is 46.2 Å². The molecule has 9 nitrogen and oxygen atoms in total. The molecule has 0 aliphatic rings. The van der Waals surface area contributed by atoms with Crippen LogP contribution in [0.2, 0.25) is 0 Å². The van der Waals surface area contributed by atoms with E-state index in [2.05, 4.69) is 5.32 Å². The first-order valence-corrected chi connectivity index (χ1v) is 7.30. The Balaban J connectivity index is 3.41. The smallest absolute Gasteiger partial charge is 0.407 e. The van der Waals surface area contributed by atoms with E-state index < -0.39 is 23.8 Å². The Morgan fingerprint density at radius 2 is 1.61 bits per heavy atom. The summed E-state index contributed by atoms with van der Waals surface area (Å²) in [5, 5.41) is 20.4. The number of carboxylic acids is 1. The van der Waals surface area contributed by atoms with Gasteiger partial charge in [-0.05, 0) is 20.8 Å². The highest BCUT2D eigenvalue weighted by Gasteiger charge is 2.15. The zero-order valence-electron chi connectivity index (χ0n) is 13.9. The number of nitrogens with one attached hydrogen (secondary N) is 1. The van der Waals surface area contributed by atoms with Gasteiger partial charge in [0.1, 0.15) is 18.3 Å². The number of carbonyl (C=O) groups excluding carboxylic acids is 1. The number of aliphatic hydroxyl groups is 1. The summed E-state index contributed by atoms with van der Waals surface area (Å²) in [6, 6.07) is 0. The fourth-order valence-corrected chi connectivity index (χ4v) is 1.30. The first kappa shape index (κ1) is 21.6. The molecule has 1 atom stereocenters. The van der Waals surface area contributed by atoms with Crippen LogP contribution < -0.4 is 5.32 Å². The van der Waals surface area contributed by atoms with Gasteiger partial charge >= 0.3 is 12.1 Å².